The van der Waals surface area contributed by atoms with Crippen molar-refractivity contribution >= 4 is 33.9 Å². The van der Waals surface area contributed by atoms with Gasteiger partial charge in [-0.25, -0.2) is 0 Å². The molecule has 4 heteroatoms. The second kappa shape index (κ2) is 8.15. The van der Waals surface area contributed by atoms with Crippen molar-refractivity contribution in [1.82, 2.24) is 4.98 Å². The zero-order valence-electron chi connectivity index (χ0n) is 16.6. The number of hydrogen-bond donors (Lipinski definition) is 2. The molecule has 0 bridgehead atoms. The number of benzene rings is 3. The summed E-state index contributed by atoms with van der Waals surface area (Å²) in [5, 5.41) is 7.57. The molecule has 29 heavy (non-hydrogen) atoms. The van der Waals surface area contributed by atoms with Crippen LogP contribution in [0.2, 0.25) is 0 Å². The maximum absolute atomic E-state index is 12.4. The summed E-state index contributed by atoms with van der Waals surface area (Å²) < 4.78 is 0. The Morgan fingerprint density at radius 1 is 0.897 bits per heavy atom. The van der Waals surface area contributed by atoms with Gasteiger partial charge < -0.3 is 10.6 Å². The number of aromatic nitrogens is 1. The van der Waals surface area contributed by atoms with E-state index in [0.29, 0.717) is 6.42 Å². The molecule has 148 valence electrons. The van der Waals surface area contributed by atoms with Crippen LogP contribution in [0, 0.1) is 13.8 Å². The molecule has 2 N–H and O–H groups in total. The quantitative estimate of drug-likeness (QED) is 0.426. The van der Waals surface area contributed by atoms with Gasteiger partial charge in [0.15, 0.2) is 0 Å². The summed E-state index contributed by atoms with van der Waals surface area (Å²) in [6, 6.07) is 23.9. The van der Waals surface area contributed by atoms with E-state index in [9.17, 15) is 4.79 Å². The van der Waals surface area contributed by atoms with Crippen molar-refractivity contribution in [3.63, 3.8) is 0 Å². The zero-order valence-corrected chi connectivity index (χ0v) is 16.6. The molecule has 1 aromatic heterocycles. The van der Waals surface area contributed by atoms with Crippen LogP contribution in [0.3, 0.4) is 0 Å². The number of pyridine rings is 1. The molecule has 0 unspecified atom stereocenters. The molecule has 0 saturated carbocycles. The number of hydrogen-bond acceptors (Lipinski definition) is 3. The molecular formula is C25H27N3O. The molecule has 3 aromatic carbocycles. The summed E-state index contributed by atoms with van der Waals surface area (Å²) in [6.45, 7) is 4.03. The van der Waals surface area contributed by atoms with Crippen LogP contribution in [0.1, 0.15) is 19.5 Å². The van der Waals surface area contributed by atoms with E-state index in [1.807, 2.05) is 86.8 Å². The predicted molar refractivity (Wildman–Crippen MR) is 124 cm³/mol. The first kappa shape index (κ1) is 18.7. The third kappa shape index (κ3) is 4.27. The van der Waals surface area contributed by atoms with E-state index in [1.165, 1.54) is 0 Å². The fourth-order valence-electron chi connectivity index (χ4n) is 3.35. The van der Waals surface area contributed by atoms with Crippen molar-refractivity contribution in [2.45, 2.75) is 20.3 Å². The minimum Gasteiger partial charge on any atom is -0.355 e. The van der Waals surface area contributed by atoms with Gasteiger partial charge in [0.1, 0.15) is 0 Å². The molecule has 0 aliphatic rings. The monoisotopic (exact) mass is 385 g/mol. The van der Waals surface area contributed by atoms with Gasteiger partial charge in [0, 0.05) is 25.8 Å². The summed E-state index contributed by atoms with van der Waals surface area (Å²) in [5.41, 5.74) is 6.97. The molecule has 0 fully saturated rings. The van der Waals surface area contributed by atoms with Crippen LogP contribution in [-0.4, -0.2) is 10.9 Å². The highest BCUT2D eigenvalue weighted by molar-refractivity contribution is 5.95. The van der Waals surface area contributed by atoms with Gasteiger partial charge in [-0.05, 0) is 54.8 Å². The summed E-state index contributed by atoms with van der Waals surface area (Å²) >= 11 is 0. The first-order chi connectivity index (χ1) is 14.1. The minimum absolute atomic E-state index is 0. The molecule has 1 amide bonds. The van der Waals surface area contributed by atoms with Crippen molar-refractivity contribution < 1.29 is 7.65 Å². The maximum atomic E-state index is 12.4. The third-order valence-corrected chi connectivity index (χ3v) is 4.97. The highest BCUT2D eigenvalue weighted by Gasteiger charge is 2.08. The first-order valence-electron chi connectivity index (χ1n) is 9.66. The number of fused-ring (bicyclic) bond motifs is 1. The van der Waals surface area contributed by atoms with Crippen molar-refractivity contribution in [1.29, 1.82) is 0 Å². The van der Waals surface area contributed by atoms with Crippen LogP contribution < -0.4 is 10.6 Å². The number of nitrogens with one attached hydrogen (secondary N) is 2. The number of anilines is 3. The maximum Gasteiger partial charge on any atom is 0.228 e. The summed E-state index contributed by atoms with van der Waals surface area (Å²) in [6.07, 6.45) is 2.22. The van der Waals surface area contributed by atoms with Crippen molar-refractivity contribution in [3.8, 4) is 0 Å². The fourth-order valence-corrected chi connectivity index (χ4v) is 3.35. The second-order valence-corrected chi connectivity index (χ2v) is 7.20. The third-order valence-electron chi connectivity index (χ3n) is 4.97. The average molecular weight is 386 g/mol. The Morgan fingerprint density at radius 2 is 1.62 bits per heavy atom. The number of para-hydroxylation sites is 2. The minimum atomic E-state index is -0.0176. The molecule has 0 atom stereocenters. The average Bonchev–Trinajstić information content (AvgIpc) is 2.73. The Balaban J connectivity index is 0.00000171. The van der Waals surface area contributed by atoms with E-state index in [1.54, 1.807) is 0 Å². The van der Waals surface area contributed by atoms with Gasteiger partial charge in [-0.3, -0.25) is 9.78 Å². The summed E-state index contributed by atoms with van der Waals surface area (Å²) in [5.74, 6) is -0.0176. The SMILES string of the molecule is Cc1ccccc1NC(=O)Cc1ccc(Nc2c(C)cnc3ccccc23)cc1.[HH].[HH]. The van der Waals surface area contributed by atoms with E-state index in [0.717, 1.165) is 44.7 Å². The summed E-state index contributed by atoms with van der Waals surface area (Å²) in [4.78, 5) is 16.9. The highest BCUT2D eigenvalue weighted by Crippen LogP contribution is 2.28. The van der Waals surface area contributed by atoms with Crippen molar-refractivity contribution in [2.24, 2.45) is 0 Å². The molecule has 1 heterocycles. The Labute approximate surface area is 173 Å². The lowest BCUT2D eigenvalue weighted by Crippen LogP contribution is -2.15. The van der Waals surface area contributed by atoms with Gasteiger partial charge in [0.2, 0.25) is 5.91 Å². The fraction of sp³-hybridized carbons (Fsp3) is 0.120. The number of nitrogens with zero attached hydrogens (tertiary/aromatic N) is 1. The van der Waals surface area contributed by atoms with Crippen molar-refractivity contribution in [2.75, 3.05) is 10.6 Å². The summed E-state index contributed by atoms with van der Waals surface area (Å²) in [7, 11) is 0. The topological polar surface area (TPSA) is 54.0 Å². The molecule has 0 saturated heterocycles. The van der Waals surface area contributed by atoms with Gasteiger partial charge in [-0.2, -0.15) is 0 Å². The number of carbonyl (C=O) groups excluding carboxylic acids is 1. The Morgan fingerprint density at radius 3 is 2.41 bits per heavy atom. The Bertz CT molecular complexity index is 1180. The van der Waals surface area contributed by atoms with Crippen molar-refractivity contribution in [3.05, 3.63) is 95.7 Å². The zero-order chi connectivity index (χ0) is 20.2. The number of amides is 1. The van der Waals surface area contributed by atoms with Gasteiger partial charge >= 0.3 is 0 Å². The van der Waals surface area contributed by atoms with Gasteiger partial charge in [-0.1, -0.05) is 48.5 Å². The highest BCUT2D eigenvalue weighted by atomic mass is 16.1. The Hall–Kier alpha value is -3.66. The predicted octanol–water partition coefficient (Wildman–Crippen LogP) is 6.27. The number of aryl methyl sites for hydroxylation is 2. The molecule has 0 spiro atoms. The molecular weight excluding hydrogens is 358 g/mol. The molecule has 0 aliphatic heterocycles. The van der Waals surface area contributed by atoms with Gasteiger partial charge in [0.25, 0.3) is 0 Å². The standard InChI is InChI=1S/C25H23N3O.2H2/c1-17-7-3-5-9-22(17)28-24(29)15-19-11-13-20(14-12-19)27-25-18(2)16-26-23-10-6-4-8-21(23)25;;/h3-14,16H,15H2,1-2H3,(H,26,27)(H,28,29);2*1H. The smallest absolute Gasteiger partial charge is 0.228 e. The van der Waals surface area contributed by atoms with E-state index in [-0.39, 0.29) is 8.76 Å². The lowest BCUT2D eigenvalue weighted by molar-refractivity contribution is -0.115. The number of rotatable bonds is 5. The van der Waals surface area contributed by atoms with Gasteiger partial charge in [0.05, 0.1) is 17.6 Å². The lowest BCUT2D eigenvalue weighted by Gasteiger charge is -2.13. The largest absolute Gasteiger partial charge is 0.355 e. The first-order valence-corrected chi connectivity index (χ1v) is 9.66. The molecule has 0 radical (unpaired) electrons. The van der Waals surface area contributed by atoms with Crippen LogP contribution in [0.4, 0.5) is 17.1 Å². The molecule has 4 rings (SSSR count). The van der Waals surface area contributed by atoms with Crippen LogP contribution in [-0.2, 0) is 11.2 Å². The van der Waals surface area contributed by atoms with E-state index < -0.39 is 0 Å². The Kier molecular flexibility index (Phi) is 5.25. The van der Waals surface area contributed by atoms with Crippen LogP contribution in [0.5, 0.6) is 0 Å². The number of carbonyl (C=O) groups is 1. The van der Waals surface area contributed by atoms with E-state index in [2.05, 4.69) is 21.7 Å². The van der Waals surface area contributed by atoms with Crippen LogP contribution in [0.15, 0.2) is 79.0 Å². The molecule has 4 aromatic rings. The second-order valence-electron chi connectivity index (χ2n) is 7.20. The van der Waals surface area contributed by atoms with Crippen LogP contribution >= 0.6 is 0 Å². The molecule has 4 nitrogen and oxygen atoms in total. The normalized spacial score (nSPS) is 10.7. The van der Waals surface area contributed by atoms with Crippen LogP contribution in [0.25, 0.3) is 10.9 Å². The van der Waals surface area contributed by atoms with E-state index >= 15 is 0 Å². The van der Waals surface area contributed by atoms with Gasteiger partial charge in [-0.15, -0.1) is 0 Å². The molecule has 0 aliphatic carbocycles. The lowest BCUT2D eigenvalue weighted by atomic mass is 10.1. The van der Waals surface area contributed by atoms with E-state index in [4.69, 9.17) is 0 Å².